The first kappa shape index (κ1) is 21.6. The molecule has 2 aliphatic heterocycles. The van der Waals surface area contributed by atoms with Gasteiger partial charge in [0.2, 0.25) is 0 Å². The summed E-state index contributed by atoms with van der Waals surface area (Å²) in [6.07, 6.45) is 1.79. The Morgan fingerprint density at radius 2 is 1.68 bits per heavy atom. The number of fused-ring (bicyclic) bond motifs is 1. The lowest BCUT2D eigenvalue weighted by molar-refractivity contribution is -0.300. The van der Waals surface area contributed by atoms with Crippen molar-refractivity contribution in [3.05, 3.63) is 75.0 Å². The molecule has 0 aromatic heterocycles. The van der Waals surface area contributed by atoms with Crippen LogP contribution >= 0.6 is 35.0 Å². The monoisotopic (exact) mass is 475 g/mol. The molecule has 9 heteroatoms. The number of nitrogens with zero attached hydrogens (tertiary/aromatic N) is 2. The van der Waals surface area contributed by atoms with Gasteiger partial charge in [0, 0.05) is 27.9 Å². The molecule has 0 fully saturated rings. The van der Waals surface area contributed by atoms with Gasteiger partial charge in [-0.15, -0.1) is 0 Å². The number of halogens is 2. The van der Waals surface area contributed by atoms with E-state index in [4.69, 9.17) is 32.7 Å². The summed E-state index contributed by atoms with van der Waals surface area (Å²) in [5.74, 6) is -0.347. The van der Waals surface area contributed by atoms with E-state index < -0.39 is 12.0 Å². The van der Waals surface area contributed by atoms with Gasteiger partial charge in [0.25, 0.3) is 0 Å². The normalized spacial score (nSPS) is 17.8. The summed E-state index contributed by atoms with van der Waals surface area (Å²) in [5.41, 5.74) is 1.58. The van der Waals surface area contributed by atoms with E-state index in [9.17, 15) is 9.90 Å². The summed E-state index contributed by atoms with van der Waals surface area (Å²) in [6.45, 7) is 1.64. The highest BCUT2D eigenvalue weighted by molar-refractivity contribution is 8.22. The number of hydrogen-bond acceptors (Lipinski definition) is 7. The minimum absolute atomic E-state index is 0.0231. The third-order valence-corrected chi connectivity index (χ3v) is 6.70. The molecule has 2 aliphatic rings. The van der Waals surface area contributed by atoms with Crippen LogP contribution in [-0.2, 0) is 4.79 Å². The van der Waals surface area contributed by atoms with Crippen LogP contribution in [-0.4, -0.2) is 30.3 Å². The van der Waals surface area contributed by atoms with E-state index in [2.05, 4.69) is 4.99 Å². The molecule has 31 heavy (non-hydrogen) atoms. The first-order valence-electron chi connectivity index (χ1n) is 9.21. The number of carboxylic acid groups (broad SMARTS) is 1. The van der Waals surface area contributed by atoms with E-state index >= 15 is 0 Å². The van der Waals surface area contributed by atoms with Gasteiger partial charge in [0.05, 0.1) is 41.8 Å². The fraction of sp³-hybridized carbons (Fsp3) is 0.182. The number of benzene rings is 2. The van der Waals surface area contributed by atoms with Crippen molar-refractivity contribution in [2.75, 3.05) is 14.2 Å². The van der Waals surface area contributed by atoms with Crippen molar-refractivity contribution in [3.63, 3.8) is 0 Å². The maximum Gasteiger partial charge on any atom is 0.173 e. The van der Waals surface area contributed by atoms with Crippen molar-refractivity contribution in [2.24, 2.45) is 4.99 Å². The number of aliphatic carboxylic acids is 1. The Morgan fingerprint density at radius 1 is 1.10 bits per heavy atom. The summed E-state index contributed by atoms with van der Waals surface area (Å²) < 4.78 is 11.1. The molecule has 160 valence electrons. The quantitative estimate of drug-likeness (QED) is 0.633. The molecule has 0 saturated heterocycles. The molecular formula is C22H17Cl2N2O4S-. The van der Waals surface area contributed by atoms with Crippen molar-refractivity contribution in [1.29, 1.82) is 0 Å². The number of hydrogen-bond donors (Lipinski definition) is 0. The summed E-state index contributed by atoms with van der Waals surface area (Å²) >= 11 is 14.2. The number of carbonyl (C=O) groups excluding carboxylic acids is 1. The molecule has 2 heterocycles. The molecule has 0 N–H and O–H groups in total. The van der Waals surface area contributed by atoms with Crippen LogP contribution in [0.5, 0.6) is 11.5 Å². The summed E-state index contributed by atoms with van der Waals surface area (Å²) in [7, 11) is 3.05. The predicted molar refractivity (Wildman–Crippen MR) is 121 cm³/mol. The van der Waals surface area contributed by atoms with Gasteiger partial charge < -0.3 is 24.3 Å². The van der Waals surface area contributed by atoms with E-state index in [-0.39, 0.29) is 5.57 Å². The number of carbonyl (C=O) groups is 1. The predicted octanol–water partition coefficient (Wildman–Crippen LogP) is 4.49. The molecule has 0 bridgehead atoms. The smallest absolute Gasteiger partial charge is 0.173 e. The molecule has 0 saturated carbocycles. The highest BCUT2D eigenvalue weighted by Gasteiger charge is 2.40. The van der Waals surface area contributed by atoms with Crippen LogP contribution in [0.4, 0.5) is 0 Å². The average Bonchev–Trinajstić information content (AvgIpc) is 3.14. The molecule has 6 nitrogen and oxygen atoms in total. The lowest BCUT2D eigenvalue weighted by atomic mass is 9.93. The second kappa shape index (κ2) is 8.49. The molecule has 0 amide bonds. The molecule has 4 rings (SSSR count). The Labute approximate surface area is 193 Å². The first-order valence-corrected chi connectivity index (χ1v) is 10.8. The van der Waals surface area contributed by atoms with Crippen LogP contribution in [0.2, 0.25) is 10.0 Å². The maximum absolute atomic E-state index is 12.2. The van der Waals surface area contributed by atoms with Gasteiger partial charge in [-0.25, -0.2) is 4.99 Å². The Hall–Kier alpha value is -2.61. The SMILES string of the molecule is COc1cccc(OC)c1C1C(C(=O)[O-])=C(C)N=C2SC(c3c(Cl)cccc3Cl)=CN21. The van der Waals surface area contributed by atoms with Crippen LogP contribution < -0.4 is 14.6 Å². The largest absolute Gasteiger partial charge is 0.545 e. The number of aliphatic imine (C=N–C) groups is 1. The highest BCUT2D eigenvalue weighted by Crippen LogP contribution is 2.51. The minimum atomic E-state index is -1.32. The second-order valence-electron chi connectivity index (χ2n) is 6.76. The van der Waals surface area contributed by atoms with Crippen molar-refractivity contribution in [2.45, 2.75) is 13.0 Å². The third-order valence-electron chi connectivity index (χ3n) is 5.05. The third kappa shape index (κ3) is 3.67. The van der Waals surface area contributed by atoms with Gasteiger partial charge in [0.1, 0.15) is 11.5 Å². The Bertz CT molecular complexity index is 1130. The van der Waals surface area contributed by atoms with Gasteiger partial charge in [-0.3, -0.25) is 0 Å². The van der Waals surface area contributed by atoms with Crippen LogP contribution in [0.1, 0.15) is 24.1 Å². The maximum atomic E-state index is 12.2. The van der Waals surface area contributed by atoms with Gasteiger partial charge in [0.15, 0.2) is 5.17 Å². The molecule has 1 unspecified atom stereocenters. The van der Waals surface area contributed by atoms with Crippen molar-refractivity contribution in [3.8, 4) is 11.5 Å². The van der Waals surface area contributed by atoms with E-state index in [1.54, 1.807) is 54.4 Å². The fourth-order valence-corrected chi connectivity index (χ4v) is 5.55. The van der Waals surface area contributed by atoms with Gasteiger partial charge in [-0.1, -0.05) is 35.3 Å². The lowest BCUT2D eigenvalue weighted by Gasteiger charge is -2.35. The average molecular weight is 476 g/mol. The number of amidine groups is 1. The molecule has 1 atom stereocenters. The summed E-state index contributed by atoms with van der Waals surface area (Å²) in [4.78, 5) is 19.2. The standard InChI is InChI=1S/C22H18Cl2N2O4S/c1-11-17(21(27)28)20(19-14(29-2)8-5-9-15(19)30-3)26-10-16(31-22(26)25-11)18-12(23)6-4-7-13(18)24/h4-10,20H,1-3H3,(H,27,28)/p-1. The van der Waals surface area contributed by atoms with E-state index in [1.165, 1.54) is 26.0 Å². The Balaban J connectivity index is 1.94. The van der Waals surface area contributed by atoms with Crippen LogP contribution in [0.25, 0.3) is 4.91 Å². The van der Waals surface area contributed by atoms with Crippen LogP contribution in [0, 0.1) is 0 Å². The lowest BCUT2D eigenvalue weighted by Crippen LogP contribution is -2.38. The summed E-state index contributed by atoms with van der Waals surface area (Å²) in [6, 6.07) is 9.77. The summed E-state index contributed by atoms with van der Waals surface area (Å²) in [5, 5.41) is 13.7. The van der Waals surface area contributed by atoms with E-state index in [1.807, 2.05) is 0 Å². The van der Waals surface area contributed by atoms with Crippen molar-refractivity contribution in [1.82, 2.24) is 4.90 Å². The van der Waals surface area contributed by atoms with Crippen molar-refractivity contribution < 1.29 is 19.4 Å². The number of thioether (sulfide) groups is 1. The number of allylic oxidation sites excluding steroid dienone is 1. The number of rotatable bonds is 5. The molecule has 2 aromatic carbocycles. The van der Waals surface area contributed by atoms with Gasteiger partial charge in [-0.05, 0) is 43.0 Å². The topological polar surface area (TPSA) is 74.2 Å². The Morgan fingerprint density at radius 3 is 2.23 bits per heavy atom. The van der Waals surface area contributed by atoms with E-state index in [0.717, 1.165) is 4.91 Å². The fourth-order valence-electron chi connectivity index (χ4n) is 3.71. The van der Waals surface area contributed by atoms with Gasteiger partial charge in [-0.2, -0.15) is 0 Å². The van der Waals surface area contributed by atoms with Crippen LogP contribution in [0.3, 0.4) is 0 Å². The zero-order valence-electron chi connectivity index (χ0n) is 16.8. The van der Waals surface area contributed by atoms with Crippen molar-refractivity contribution >= 4 is 51.0 Å². The number of carboxylic acids is 1. The molecular weight excluding hydrogens is 459 g/mol. The molecule has 0 spiro atoms. The molecule has 2 aromatic rings. The second-order valence-corrected chi connectivity index (χ2v) is 8.58. The number of ether oxygens (including phenoxy) is 2. The number of methoxy groups -OCH3 is 2. The van der Waals surface area contributed by atoms with Crippen LogP contribution in [0.15, 0.2) is 58.9 Å². The molecule has 0 aliphatic carbocycles. The zero-order chi connectivity index (χ0) is 22.3. The highest BCUT2D eigenvalue weighted by atomic mass is 35.5. The first-order chi connectivity index (χ1) is 14.9. The Kier molecular flexibility index (Phi) is 5.92. The molecule has 0 radical (unpaired) electrons. The van der Waals surface area contributed by atoms with E-state index in [0.29, 0.717) is 43.5 Å². The minimum Gasteiger partial charge on any atom is -0.545 e. The van der Waals surface area contributed by atoms with Gasteiger partial charge >= 0.3 is 0 Å². The zero-order valence-corrected chi connectivity index (χ0v) is 19.1.